The number of nitrogens with zero attached hydrogens (tertiary/aromatic N) is 5. The average molecular weight is 353 g/mol. The summed E-state index contributed by atoms with van der Waals surface area (Å²) in [5.41, 5.74) is 4.13. The third-order valence-electron chi connectivity index (χ3n) is 5.09. The molecule has 0 unspecified atom stereocenters. The number of benzene rings is 1. The van der Waals surface area contributed by atoms with Crippen molar-refractivity contribution in [3.63, 3.8) is 0 Å². The zero-order valence-electron chi connectivity index (χ0n) is 16.2. The van der Waals surface area contributed by atoms with Crippen molar-refractivity contribution in [2.75, 3.05) is 7.05 Å². The number of carbonyl (C=O) groups excluding carboxylic acids is 1. The first-order valence-corrected chi connectivity index (χ1v) is 9.16. The first kappa shape index (κ1) is 18.2. The molecule has 2 aromatic heterocycles. The molecule has 0 aliphatic rings. The maximum Gasteiger partial charge on any atom is 0.245 e. The van der Waals surface area contributed by atoms with Crippen LogP contribution in [0.3, 0.4) is 0 Å². The highest BCUT2D eigenvalue weighted by atomic mass is 16.2. The lowest BCUT2D eigenvalue weighted by Crippen LogP contribution is -2.34. The van der Waals surface area contributed by atoms with E-state index in [2.05, 4.69) is 23.5 Å². The second kappa shape index (κ2) is 7.32. The van der Waals surface area contributed by atoms with Crippen molar-refractivity contribution in [1.29, 1.82) is 0 Å². The summed E-state index contributed by atoms with van der Waals surface area (Å²) in [5.74, 6) is 1.06. The van der Waals surface area contributed by atoms with Crippen LogP contribution in [0.25, 0.3) is 11.0 Å². The fraction of sp³-hybridized carbons (Fsp3) is 0.450. The van der Waals surface area contributed by atoms with E-state index in [1.54, 1.807) is 4.90 Å². The molecule has 26 heavy (non-hydrogen) atoms. The van der Waals surface area contributed by atoms with E-state index in [-0.39, 0.29) is 11.9 Å². The Morgan fingerprint density at radius 1 is 1.27 bits per heavy atom. The largest absolute Gasteiger partial charge is 0.340 e. The molecular weight excluding hydrogens is 326 g/mol. The van der Waals surface area contributed by atoms with Crippen molar-refractivity contribution in [2.24, 2.45) is 7.05 Å². The van der Waals surface area contributed by atoms with Crippen LogP contribution in [-0.2, 0) is 24.8 Å². The molecule has 1 aromatic carbocycles. The summed E-state index contributed by atoms with van der Waals surface area (Å²) in [7, 11) is 3.78. The first-order valence-electron chi connectivity index (χ1n) is 9.16. The van der Waals surface area contributed by atoms with Crippen LogP contribution in [0, 0.1) is 6.92 Å². The molecule has 0 saturated carbocycles. The predicted molar refractivity (Wildman–Crippen MR) is 103 cm³/mol. The third-order valence-corrected chi connectivity index (χ3v) is 5.09. The number of fused-ring (bicyclic) bond motifs is 1. The Morgan fingerprint density at radius 2 is 2.00 bits per heavy atom. The monoisotopic (exact) mass is 353 g/mol. The lowest BCUT2D eigenvalue weighted by Gasteiger charge is -2.25. The zero-order valence-corrected chi connectivity index (χ0v) is 16.2. The summed E-state index contributed by atoms with van der Waals surface area (Å²) in [4.78, 5) is 19.8. The van der Waals surface area contributed by atoms with Gasteiger partial charge in [0.2, 0.25) is 5.91 Å². The van der Waals surface area contributed by atoms with Crippen molar-refractivity contribution < 1.29 is 4.79 Å². The Kier molecular flexibility index (Phi) is 5.11. The number of hydrogen-bond donors (Lipinski definition) is 0. The van der Waals surface area contributed by atoms with Crippen LogP contribution < -0.4 is 0 Å². The number of aryl methyl sites for hydroxylation is 2. The van der Waals surface area contributed by atoms with Crippen LogP contribution in [0.1, 0.15) is 43.4 Å². The number of hydrogen-bond acceptors (Lipinski definition) is 3. The fourth-order valence-electron chi connectivity index (χ4n) is 3.45. The van der Waals surface area contributed by atoms with E-state index in [1.165, 1.54) is 0 Å². The van der Waals surface area contributed by atoms with Gasteiger partial charge in [0.1, 0.15) is 11.9 Å². The molecule has 6 nitrogen and oxygen atoms in total. The molecule has 0 N–H and O–H groups in total. The van der Waals surface area contributed by atoms with Gasteiger partial charge in [0.15, 0.2) is 0 Å². The molecule has 3 rings (SSSR count). The Labute approximate surface area is 154 Å². The number of aromatic nitrogens is 4. The Balaban J connectivity index is 1.93. The van der Waals surface area contributed by atoms with E-state index >= 15 is 0 Å². The molecular formula is C20H27N5O. The minimum Gasteiger partial charge on any atom is -0.340 e. The molecule has 0 saturated heterocycles. The summed E-state index contributed by atoms with van der Waals surface area (Å²) < 4.78 is 3.95. The van der Waals surface area contributed by atoms with E-state index in [9.17, 15) is 4.79 Å². The van der Waals surface area contributed by atoms with E-state index in [4.69, 9.17) is 4.98 Å². The minimum absolute atomic E-state index is 0.105. The zero-order chi connectivity index (χ0) is 18.8. The summed E-state index contributed by atoms with van der Waals surface area (Å²) in [6, 6.07) is 7.78. The minimum atomic E-state index is -0.251. The maximum absolute atomic E-state index is 13.3. The second-order valence-electron chi connectivity index (χ2n) is 6.74. The van der Waals surface area contributed by atoms with E-state index in [0.717, 1.165) is 41.0 Å². The standard InChI is InChI=1S/C20H27N5O/c1-6-17(20(26)23(4)13-15-12-21-24(5)14(15)3)25-18-11-9-8-10-16(18)22-19(25)7-2/h8-12,17H,6-7,13H2,1-5H3/t17-/m1/s1. The number of likely N-dealkylation sites (N-methyl/N-ethyl adjacent to an activating group) is 1. The summed E-state index contributed by atoms with van der Waals surface area (Å²) >= 11 is 0. The van der Waals surface area contributed by atoms with Crippen molar-refractivity contribution in [3.8, 4) is 0 Å². The van der Waals surface area contributed by atoms with Gasteiger partial charge in [-0.1, -0.05) is 26.0 Å². The summed E-state index contributed by atoms with van der Waals surface area (Å²) in [6.45, 7) is 6.72. The molecule has 0 aliphatic heterocycles. The van der Waals surface area contributed by atoms with Crippen molar-refractivity contribution >= 4 is 16.9 Å². The van der Waals surface area contributed by atoms with Gasteiger partial charge in [-0.2, -0.15) is 5.10 Å². The van der Waals surface area contributed by atoms with Gasteiger partial charge >= 0.3 is 0 Å². The highest BCUT2D eigenvalue weighted by molar-refractivity contribution is 5.84. The van der Waals surface area contributed by atoms with E-state index in [0.29, 0.717) is 6.54 Å². The molecule has 0 spiro atoms. The van der Waals surface area contributed by atoms with Crippen molar-refractivity contribution in [3.05, 3.63) is 47.5 Å². The van der Waals surface area contributed by atoms with Gasteiger partial charge in [0.05, 0.1) is 17.2 Å². The molecule has 1 atom stereocenters. The topological polar surface area (TPSA) is 56.0 Å². The lowest BCUT2D eigenvalue weighted by molar-refractivity contribution is -0.134. The Hall–Kier alpha value is -2.63. The van der Waals surface area contributed by atoms with Crippen LogP contribution >= 0.6 is 0 Å². The molecule has 3 aromatic rings. The molecule has 138 valence electrons. The Bertz CT molecular complexity index is 924. The van der Waals surface area contributed by atoms with Gasteiger partial charge in [-0.3, -0.25) is 9.48 Å². The van der Waals surface area contributed by atoms with Crippen molar-refractivity contribution in [2.45, 2.75) is 46.2 Å². The Morgan fingerprint density at radius 3 is 2.62 bits per heavy atom. The van der Waals surface area contributed by atoms with Gasteiger partial charge < -0.3 is 9.47 Å². The summed E-state index contributed by atoms with van der Waals surface area (Å²) in [6.07, 6.45) is 3.36. The van der Waals surface area contributed by atoms with E-state index < -0.39 is 0 Å². The van der Waals surface area contributed by atoms with Gasteiger partial charge in [-0.05, 0) is 25.5 Å². The summed E-state index contributed by atoms with van der Waals surface area (Å²) in [5, 5.41) is 4.28. The normalized spacial score (nSPS) is 12.5. The van der Waals surface area contributed by atoms with Crippen LogP contribution in [0.2, 0.25) is 0 Å². The molecule has 6 heteroatoms. The van der Waals surface area contributed by atoms with Gasteiger partial charge in [-0.15, -0.1) is 0 Å². The van der Waals surface area contributed by atoms with Gasteiger partial charge in [0, 0.05) is 38.3 Å². The molecule has 2 heterocycles. The molecule has 0 aliphatic carbocycles. The molecule has 1 amide bonds. The third kappa shape index (κ3) is 3.11. The van der Waals surface area contributed by atoms with Gasteiger partial charge in [-0.25, -0.2) is 4.98 Å². The highest BCUT2D eigenvalue weighted by Gasteiger charge is 2.26. The quantitative estimate of drug-likeness (QED) is 0.683. The van der Waals surface area contributed by atoms with Gasteiger partial charge in [0.25, 0.3) is 0 Å². The SMILES string of the molecule is CCc1nc2ccccc2n1[C@H](CC)C(=O)N(C)Cc1cnn(C)c1C. The molecule has 0 bridgehead atoms. The lowest BCUT2D eigenvalue weighted by atomic mass is 10.1. The number of amides is 1. The van der Waals surface area contributed by atoms with Crippen LogP contribution in [0.15, 0.2) is 30.5 Å². The molecule has 0 fully saturated rings. The number of para-hydroxylation sites is 2. The fourth-order valence-corrected chi connectivity index (χ4v) is 3.45. The highest BCUT2D eigenvalue weighted by Crippen LogP contribution is 2.25. The number of imidazole rings is 1. The predicted octanol–water partition coefficient (Wildman–Crippen LogP) is 3.25. The smallest absolute Gasteiger partial charge is 0.245 e. The average Bonchev–Trinajstić information content (AvgIpc) is 3.17. The number of carbonyl (C=O) groups is 1. The molecule has 0 radical (unpaired) electrons. The van der Waals surface area contributed by atoms with E-state index in [1.807, 2.05) is 56.2 Å². The maximum atomic E-state index is 13.3. The van der Waals surface area contributed by atoms with Crippen LogP contribution in [-0.4, -0.2) is 37.2 Å². The van der Waals surface area contributed by atoms with Crippen LogP contribution in [0.4, 0.5) is 0 Å². The van der Waals surface area contributed by atoms with Crippen molar-refractivity contribution in [1.82, 2.24) is 24.2 Å². The second-order valence-corrected chi connectivity index (χ2v) is 6.74. The van der Waals surface area contributed by atoms with Crippen LogP contribution in [0.5, 0.6) is 0 Å². The first-order chi connectivity index (χ1) is 12.5. The number of rotatable bonds is 6.